The van der Waals surface area contributed by atoms with E-state index < -0.39 is 11.9 Å². The van der Waals surface area contributed by atoms with Gasteiger partial charge in [-0.3, -0.25) is 14.4 Å². The third-order valence-corrected chi connectivity index (χ3v) is 4.64. The number of likely N-dealkylation sites (tertiary alicyclic amines) is 1. The van der Waals surface area contributed by atoms with Gasteiger partial charge in [-0.05, 0) is 31.2 Å². The Labute approximate surface area is 126 Å². The number of rotatable bonds is 4. The van der Waals surface area contributed by atoms with E-state index in [1.165, 1.54) is 11.3 Å². The molecule has 1 fully saturated rings. The average Bonchev–Trinajstić information content (AvgIpc) is 2.98. The molecule has 0 unspecified atom stereocenters. The first-order chi connectivity index (χ1) is 10.0. The first-order valence-electron chi connectivity index (χ1n) is 6.84. The highest BCUT2D eigenvalue weighted by Crippen LogP contribution is 2.23. The van der Waals surface area contributed by atoms with Crippen molar-refractivity contribution >= 4 is 29.1 Å². The second kappa shape index (κ2) is 6.71. The second-order valence-electron chi connectivity index (χ2n) is 5.07. The van der Waals surface area contributed by atoms with Crippen molar-refractivity contribution in [2.45, 2.75) is 25.8 Å². The summed E-state index contributed by atoms with van der Waals surface area (Å²) in [5.41, 5.74) is 0. The lowest BCUT2D eigenvalue weighted by Gasteiger charge is -2.37. The molecule has 6 nitrogen and oxygen atoms in total. The zero-order chi connectivity index (χ0) is 15.4. The highest BCUT2D eigenvalue weighted by molar-refractivity contribution is 7.12. The lowest BCUT2D eigenvalue weighted by molar-refractivity contribution is -0.148. The maximum Gasteiger partial charge on any atom is 0.308 e. The topological polar surface area (TPSA) is 86.7 Å². The van der Waals surface area contributed by atoms with Gasteiger partial charge < -0.3 is 15.3 Å². The number of carbonyl (C=O) groups is 3. The minimum atomic E-state index is -0.873. The van der Waals surface area contributed by atoms with Gasteiger partial charge in [-0.1, -0.05) is 6.07 Å². The summed E-state index contributed by atoms with van der Waals surface area (Å²) in [7, 11) is 0. The average molecular weight is 310 g/mol. The molecule has 21 heavy (non-hydrogen) atoms. The maximum absolute atomic E-state index is 12.2. The van der Waals surface area contributed by atoms with Crippen LogP contribution in [0, 0.1) is 5.92 Å². The number of hydrogen-bond acceptors (Lipinski definition) is 4. The molecular formula is C14H18N2O4S. The van der Waals surface area contributed by atoms with Crippen LogP contribution in [-0.4, -0.2) is 46.9 Å². The summed E-state index contributed by atoms with van der Waals surface area (Å²) in [4.78, 5) is 37.2. The fraction of sp³-hybridized carbons (Fsp3) is 0.500. The smallest absolute Gasteiger partial charge is 0.308 e. The van der Waals surface area contributed by atoms with E-state index >= 15 is 0 Å². The number of aliphatic carboxylic acids is 1. The number of amides is 2. The number of nitrogens with one attached hydrogen (secondary N) is 1. The highest BCUT2D eigenvalue weighted by atomic mass is 32.1. The van der Waals surface area contributed by atoms with Crippen molar-refractivity contribution in [3.8, 4) is 0 Å². The second-order valence-corrected chi connectivity index (χ2v) is 6.02. The summed E-state index contributed by atoms with van der Waals surface area (Å²) in [6.07, 6.45) is 1.26. The first kappa shape index (κ1) is 15.5. The van der Waals surface area contributed by atoms with Gasteiger partial charge in [-0.25, -0.2) is 0 Å². The van der Waals surface area contributed by atoms with Crippen molar-refractivity contribution in [1.82, 2.24) is 10.2 Å². The van der Waals surface area contributed by atoms with E-state index in [1.807, 2.05) is 0 Å². The molecule has 0 radical (unpaired) electrons. The SMILES string of the molecule is C[C@@H]1[C@H](C(=O)O)CCCN1C(=O)CNC(=O)c1cccs1. The zero-order valence-corrected chi connectivity index (χ0v) is 12.6. The third kappa shape index (κ3) is 3.60. The molecule has 1 aliphatic rings. The van der Waals surface area contributed by atoms with Crippen LogP contribution in [0.2, 0.25) is 0 Å². The summed E-state index contributed by atoms with van der Waals surface area (Å²) in [5, 5.41) is 13.5. The van der Waals surface area contributed by atoms with Gasteiger partial charge in [0.25, 0.3) is 5.91 Å². The van der Waals surface area contributed by atoms with Gasteiger partial charge in [0.2, 0.25) is 5.91 Å². The number of nitrogens with zero attached hydrogens (tertiary/aromatic N) is 1. The van der Waals surface area contributed by atoms with Crippen LogP contribution in [0.1, 0.15) is 29.4 Å². The van der Waals surface area contributed by atoms with E-state index in [9.17, 15) is 14.4 Å². The molecule has 2 rings (SSSR count). The van der Waals surface area contributed by atoms with Crippen LogP contribution in [0.25, 0.3) is 0 Å². The van der Waals surface area contributed by atoms with Crippen molar-refractivity contribution < 1.29 is 19.5 Å². The Morgan fingerprint density at radius 1 is 1.48 bits per heavy atom. The molecule has 2 heterocycles. The molecule has 1 aromatic rings. The summed E-state index contributed by atoms with van der Waals surface area (Å²) in [5.74, 6) is -1.92. The van der Waals surface area contributed by atoms with Gasteiger partial charge in [-0.2, -0.15) is 0 Å². The van der Waals surface area contributed by atoms with Gasteiger partial charge in [0.05, 0.1) is 17.3 Å². The van der Waals surface area contributed by atoms with Gasteiger partial charge >= 0.3 is 5.97 Å². The standard InChI is InChI=1S/C14H18N2O4S/c1-9-10(14(19)20)4-2-6-16(9)12(17)8-15-13(18)11-5-3-7-21-11/h3,5,7,9-10H,2,4,6,8H2,1H3,(H,15,18)(H,19,20)/t9-,10-/m1/s1. The van der Waals surface area contributed by atoms with Crippen LogP contribution in [0.5, 0.6) is 0 Å². The minimum Gasteiger partial charge on any atom is -0.481 e. The van der Waals surface area contributed by atoms with E-state index in [4.69, 9.17) is 5.11 Å². The first-order valence-corrected chi connectivity index (χ1v) is 7.72. The molecule has 114 valence electrons. The van der Waals surface area contributed by atoms with Crippen molar-refractivity contribution in [2.24, 2.45) is 5.92 Å². The van der Waals surface area contributed by atoms with Gasteiger partial charge in [0.15, 0.2) is 0 Å². The number of carboxylic acid groups (broad SMARTS) is 1. The summed E-state index contributed by atoms with van der Waals surface area (Å²) in [6, 6.07) is 3.11. The van der Waals surface area contributed by atoms with E-state index in [1.54, 1.807) is 29.3 Å². The van der Waals surface area contributed by atoms with E-state index in [0.29, 0.717) is 24.3 Å². The number of carboxylic acids is 1. The normalized spacial score (nSPS) is 21.9. The molecule has 1 aliphatic heterocycles. The summed E-state index contributed by atoms with van der Waals surface area (Å²) < 4.78 is 0. The minimum absolute atomic E-state index is 0.104. The number of hydrogen-bond donors (Lipinski definition) is 2. The molecule has 2 N–H and O–H groups in total. The van der Waals surface area contributed by atoms with Crippen molar-refractivity contribution in [3.63, 3.8) is 0 Å². The van der Waals surface area contributed by atoms with Crippen LogP contribution in [0.3, 0.4) is 0 Å². The summed E-state index contributed by atoms with van der Waals surface area (Å²) in [6.45, 7) is 2.18. The Kier molecular flexibility index (Phi) is 4.95. The number of thiophene rings is 1. The Morgan fingerprint density at radius 3 is 2.86 bits per heavy atom. The summed E-state index contributed by atoms with van der Waals surface area (Å²) >= 11 is 1.31. The molecule has 1 aromatic heterocycles. The Balaban J connectivity index is 1.90. The quantitative estimate of drug-likeness (QED) is 0.874. The molecule has 2 amide bonds. The molecule has 0 spiro atoms. The Bertz CT molecular complexity index is 529. The third-order valence-electron chi connectivity index (χ3n) is 3.77. The molecule has 7 heteroatoms. The van der Waals surface area contributed by atoms with Crippen LogP contribution < -0.4 is 5.32 Å². The number of carbonyl (C=O) groups excluding carboxylic acids is 2. The molecule has 2 atom stereocenters. The van der Waals surface area contributed by atoms with E-state index in [2.05, 4.69) is 5.32 Å². The lowest BCUT2D eigenvalue weighted by atomic mass is 9.90. The van der Waals surface area contributed by atoms with Crippen molar-refractivity contribution in [2.75, 3.05) is 13.1 Å². The van der Waals surface area contributed by atoms with Crippen molar-refractivity contribution in [1.29, 1.82) is 0 Å². The van der Waals surface area contributed by atoms with Gasteiger partial charge in [0.1, 0.15) is 0 Å². The molecular weight excluding hydrogens is 292 g/mol. The fourth-order valence-corrected chi connectivity index (χ4v) is 3.22. The molecule has 0 saturated carbocycles. The monoisotopic (exact) mass is 310 g/mol. The van der Waals surface area contributed by atoms with Crippen LogP contribution in [0.15, 0.2) is 17.5 Å². The molecule has 1 saturated heterocycles. The number of piperidine rings is 1. The Morgan fingerprint density at radius 2 is 2.24 bits per heavy atom. The van der Waals surface area contributed by atoms with Crippen LogP contribution >= 0.6 is 11.3 Å². The molecule has 0 aliphatic carbocycles. The lowest BCUT2D eigenvalue weighted by Crippen LogP contribution is -2.51. The zero-order valence-electron chi connectivity index (χ0n) is 11.7. The Hall–Kier alpha value is -1.89. The largest absolute Gasteiger partial charge is 0.481 e. The maximum atomic E-state index is 12.2. The fourth-order valence-electron chi connectivity index (χ4n) is 2.58. The van der Waals surface area contributed by atoms with Crippen molar-refractivity contribution in [3.05, 3.63) is 22.4 Å². The van der Waals surface area contributed by atoms with E-state index in [-0.39, 0.29) is 24.4 Å². The predicted molar refractivity (Wildman–Crippen MR) is 78.2 cm³/mol. The predicted octanol–water partition coefficient (Wildman–Crippen LogP) is 1.19. The molecule has 0 aromatic carbocycles. The van der Waals surface area contributed by atoms with Crippen LogP contribution in [0.4, 0.5) is 0 Å². The molecule has 0 bridgehead atoms. The van der Waals surface area contributed by atoms with Gasteiger partial charge in [0, 0.05) is 12.6 Å². The highest BCUT2D eigenvalue weighted by Gasteiger charge is 2.35. The van der Waals surface area contributed by atoms with Gasteiger partial charge in [-0.15, -0.1) is 11.3 Å². The van der Waals surface area contributed by atoms with Crippen LogP contribution in [-0.2, 0) is 9.59 Å². The van der Waals surface area contributed by atoms with E-state index in [0.717, 1.165) is 0 Å².